The van der Waals surface area contributed by atoms with Crippen LogP contribution in [-0.4, -0.2) is 27.5 Å². The standard InChI is InChI=1S/C14H17ClN4/c1-3-18(4-2)10-14-17-12-9-11(15)5-6-13(12)19(14)8-7-16/h5-6,9H,3-4,8,10H2,1-2H3. The number of aromatic nitrogens is 2. The first-order chi connectivity index (χ1) is 9.19. The topological polar surface area (TPSA) is 44.9 Å². The summed E-state index contributed by atoms with van der Waals surface area (Å²) in [5.41, 5.74) is 1.82. The van der Waals surface area contributed by atoms with Gasteiger partial charge in [0.15, 0.2) is 0 Å². The molecule has 4 nitrogen and oxygen atoms in total. The molecule has 1 heterocycles. The SMILES string of the molecule is CCN(CC)Cc1nc2cc(Cl)ccc2n1CC#N. The first-order valence-electron chi connectivity index (χ1n) is 6.43. The Kier molecular flexibility index (Phi) is 4.41. The van der Waals surface area contributed by atoms with Crippen molar-refractivity contribution in [2.24, 2.45) is 0 Å². The highest BCUT2D eigenvalue weighted by molar-refractivity contribution is 6.31. The molecule has 0 N–H and O–H groups in total. The molecule has 0 fully saturated rings. The van der Waals surface area contributed by atoms with Crippen LogP contribution >= 0.6 is 11.6 Å². The predicted molar refractivity (Wildman–Crippen MR) is 77.0 cm³/mol. The summed E-state index contributed by atoms with van der Waals surface area (Å²) in [7, 11) is 0. The van der Waals surface area contributed by atoms with Crippen LogP contribution in [0.4, 0.5) is 0 Å². The van der Waals surface area contributed by atoms with Crippen molar-refractivity contribution in [2.45, 2.75) is 26.9 Å². The van der Waals surface area contributed by atoms with E-state index in [1.54, 1.807) is 0 Å². The molecule has 0 radical (unpaired) electrons. The van der Waals surface area contributed by atoms with Gasteiger partial charge in [0.05, 0.1) is 23.6 Å². The number of nitriles is 1. The zero-order valence-electron chi connectivity index (χ0n) is 11.2. The Morgan fingerprint density at radius 1 is 1.37 bits per heavy atom. The molecule has 0 saturated heterocycles. The molecule has 5 heteroatoms. The Morgan fingerprint density at radius 2 is 2.11 bits per heavy atom. The molecule has 0 amide bonds. The smallest absolute Gasteiger partial charge is 0.125 e. The van der Waals surface area contributed by atoms with Crippen LogP contribution in [0.15, 0.2) is 18.2 Å². The van der Waals surface area contributed by atoms with E-state index in [0.717, 1.165) is 36.5 Å². The lowest BCUT2D eigenvalue weighted by Gasteiger charge is -2.17. The van der Waals surface area contributed by atoms with E-state index in [9.17, 15) is 0 Å². The van der Waals surface area contributed by atoms with Crippen LogP contribution in [-0.2, 0) is 13.1 Å². The summed E-state index contributed by atoms with van der Waals surface area (Å²) < 4.78 is 1.96. The van der Waals surface area contributed by atoms with Gasteiger partial charge in [0.25, 0.3) is 0 Å². The molecule has 19 heavy (non-hydrogen) atoms. The number of nitrogens with zero attached hydrogens (tertiary/aromatic N) is 4. The normalized spacial score (nSPS) is 11.1. The highest BCUT2D eigenvalue weighted by atomic mass is 35.5. The lowest BCUT2D eigenvalue weighted by atomic mass is 10.3. The maximum absolute atomic E-state index is 8.99. The molecular formula is C14H17ClN4. The minimum Gasteiger partial charge on any atom is -0.313 e. The molecule has 100 valence electrons. The van der Waals surface area contributed by atoms with Crippen molar-refractivity contribution >= 4 is 22.6 Å². The lowest BCUT2D eigenvalue weighted by molar-refractivity contribution is 0.285. The van der Waals surface area contributed by atoms with Gasteiger partial charge in [0.2, 0.25) is 0 Å². The third-order valence-corrected chi connectivity index (χ3v) is 3.51. The Morgan fingerprint density at radius 3 is 2.74 bits per heavy atom. The Hall–Kier alpha value is -1.57. The maximum Gasteiger partial charge on any atom is 0.125 e. The summed E-state index contributed by atoms with van der Waals surface area (Å²) in [6.07, 6.45) is 0. The molecule has 0 aliphatic rings. The molecular weight excluding hydrogens is 260 g/mol. The van der Waals surface area contributed by atoms with Gasteiger partial charge in [-0.2, -0.15) is 5.26 Å². The molecule has 2 aromatic rings. The van der Waals surface area contributed by atoms with Crippen molar-refractivity contribution in [3.05, 3.63) is 29.0 Å². The number of benzene rings is 1. The van der Waals surface area contributed by atoms with Gasteiger partial charge >= 0.3 is 0 Å². The van der Waals surface area contributed by atoms with Crippen molar-refractivity contribution < 1.29 is 0 Å². The fourth-order valence-corrected chi connectivity index (χ4v) is 2.33. The quantitative estimate of drug-likeness (QED) is 0.843. The number of hydrogen-bond donors (Lipinski definition) is 0. The van der Waals surface area contributed by atoms with E-state index < -0.39 is 0 Å². The van der Waals surface area contributed by atoms with Crippen LogP contribution in [0.3, 0.4) is 0 Å². The Balaban J connectivity index is 2.47. The van der Waals surface area contributed by atoms with Crippen LogP contribution < -0.4 is 0 Å². The number of imidazole rings is 1. The molecule has 0 saturated carbocycles. The first kappa shape index (κ1) is 13.9. The number of rotatable bonds is 5. The van der Waals surface area contributed by atoms with Crippen molar-refractivity contribution in [3.63, 3.8) is 0 Å². The van der Waals surface area contributed by atoms with E-state index in [0.29, 0.717) is 11.6 Å². The zero-order chi connectivity index (χ0) is 13.8. The fraction of sp³-hybridized carbons (Fsp3) is 0.429. The second kappa shape index (κ2) is 6.05. The molecule has 0 aliphatic carbocycles. The summed E-state index contributed by atoms with van der Waals surface area (Å²) in [5, 5.41) is 9.66. The second-order valence-electron chi connectivity index (χ2n) is 4.37. The molecule has 0 bridgehead atoms. The van der Waals surface area contributed by atoms with Crippen LogP contribution in [0.2, 0.25) is 5.02 Å². The van der Waals surface area contributed by atoms with Gasteiger partial charge in [-0.1, -0.05) is 25.4 Å². The van der Waals surface area contributed by atoms with Crippen molar-refractivity contribution in [1.82, 2.24) is 14.5 Å². The number of hydrogen-bond acceptors (Lipinski definition) is 3. The van der Waals surface area contributed by atoms with E-state index in [-0.39, 0.29) is 0 Å². The minimum atomic E-state index is 0.314. The van der Waals surface area contributed by atoms with Crippen LogP contribution in [0, 0.1) is 11.3 Å². The Bertz CT molecular complexity index is 608. The van der Waals surface area contributed by atoms with E-state index in [4.69, 9.17) is 16.9 Å². The Labute approximate surface area is 118 Å². The fourth-order valence-electron chi connectivity index (χ4n) is 2.17. The third kappa shape index (κ3) is 2.89. The van der Waals surface area contributed by atoms with Crippen molar-refractivity contribution in [1.29, 1.82) is 5.26 Å². The summed E-state index contributed by atoms with van der Waals surface area (Å²) in [6, 6.07) is 7.80. The predicted octanol–water partition coefficient (Wildman–Crippen LogP) is 3.06. The van der Waals surface area contributed by atoms with E-state index in [1.807, 2.05) is 22.8 Å². The van der Waals surface area contributed by atoms with Crippen LogP contribution in [0.25, 0.3) is 11.0 Å². The molecule has 1 aromatic carbocycles. The zero-order valence-corrected chi connectivity index (χ0v) is 12.0. The van der Waals surface area contributed by atoms with E-state index in [1.165, 1.54) is 0 Å². The first-order valence-corrected chi connectivity index (χ1v) is 6.81. The van der Waals surface area contributed by atoms with E-state index in [2.05, 4.69) is 29.8 Å². The molecule has 1 aromatic heterocycles. The van der Waals surface area contributed by atoms with Gasteiger partial charge in [0.1, 0.15) is 12.4 Å². The second-order valence-corrected chi connectivity index (χ2v) is 4.80. The number of halogens is 1. The third-order valence-electron chi connectivity index (χ3n) is 3.28. The highest BCUT2D eigenvalue weighted by Crippen LogP contribution is 2.21. The summed E-state index contributed by atoms with van der Waals surface area (Å²) in [4.78, 5) is 6.89. The van der Waals surface area contributed by atoms with E-state index >= 15 is 0 Å². The summed E-state index contributed by atoms with van der Waals surface area (Å²) in [6.45, 7) is 7.24. The molecule has 0 aliphatic heterocycles. The van der Waals surface area contributed by atoms with Crippen LogP contribution in [0.1, 0.15) is 19.7 Å². The number of fused-ring (bicyclic) bond motifs is 1. The lowest BCUT2D eigenvalue weighted by Crippen LogP contribution is -2.24. The molecule has 2 rings (SSSR count). The molecule has 0 atom stereocenters. The average Bonchev–Trinajstić information content (AvgIpc) is 2.73. The maximum atomic E-state index is 8.99. The van der Waals surface area contributed by atoms with Crippen molar-refractivity contribution in [3.8, 4) is 6.07 Å². The van der Waals surface area contributed by atoms with Gasteiger partial charge in [-0.3, -0.25) is 4.90 Å². The minimum absolute atomic E-state index is 0.314. The average molecular weight is 277 g/mol. The molecule has 0 spiro atoms. The van der Waals surface area contributed by atoms with Gasteiger partial charge < -0.3 is 4.57 Å². The van der Waals surface area contributed by atoms with Crippen LogP contribution in [0.5, 0.6) is 0 Å². The van der Waals surface area contributed by atoms with Gasteiger partial charge in [-0.25, -0.2) is 4.98 Å². The monoisotopic (exact) mass is 276 g/mol. The van der Waals surface area contributed by atoms with Gasteiger partial charge in [-0.15, -0.1) is 0 Å². The summed E-state index contributed by atoms with van der Waals surface area (Å²) >= 11 is 5.99. The van der Waals surface area contributed by atoms with Crippen molar-refractivity contribution in [2.75, 3.05) is 13.1 Å². The van der Waals surface area contributed by atoms with Gasteiger partial charge in [0, 0.05) is 5.02 Å². The van der Waals surface area contributed by atoms with Gasteiger partial charge in [-0.05, 0) is 31.3 Å². The molecule has 0 unspecified atom stereocenters. The summed E-state index contributed by atoms with van der Waals surface area (Å²) in [5.74, 6) is 0.919. The highest BCUT2D eigenvalue weighted by Gasteiger charge is 2.13. The largest absolute Gasteiger partial charge is 0.313 e.